The molecule has 5 rings (SSSR count). The molecule has 0 unspecified atom stereocenters. The number of hydrogen-bond acceptors (Lipinski definition) is 5. The minimum Gasteiger partial charge on any atom is -0.481 e. The van der Waals surface area contributed by atoms with Gasteiger partial charge in [0.25, 0.3) is 5.92 Å². The zero-order valence-corrected chi connectivity index (χ0v) is 23.8. The number of nitrogens with zero attached hydrogens (tertiary/aromatic N) is 4. The van der Waals surface area contributed by atoms with E-state index >= 15 is 8.78 Å². The van der Waals surface area contributed by atoms with E-state index in [1.807, 2.05) is 0 Å². The van der Waals surface area contributed by atoms with Crippen LogP contribution in [0.3, 0.4) is 0 Å². The summed E-state index contributed by atoms with van der Waals surface area (Å²) in [5.41, 5.74) is -4.08. The number of alkyl halides is 5. The van der Waals surface area contributed by atoms with E-state index in [9.17, 15) is 32.7 Å². The summed E-state index contributed by atoms with van der Waals surface area (Å²) < 4.78 is 73.0. The minimum atomic E-state index is -4.90. The highest BCUT2D eigenvalue weighted by Crippen LogP contribution is 2.52. The Morgan fingerprint density at radius 2 is 1.93 bits per heavy atom. The lowest BCUT2D eigenvalue weighted by molar-refractivity contribution is -0.147. The number of carbonyl (C=O) groups excluding carboxylic acids is 2. The molecule has 3 aliphatic rings. The van der Waals surface area contributed by atoms with Crippen LogP contribution in [-0.2, 0) is 33.1 Å². The molecule has 3 atom stereocenters. The fourth-order valence-electron chi connectivity index (χ4n) is 6.01. The average molecular weight is 638 g/mol. The Morgan fingerprint density at radius 3 is 2.52 bits per heavy atom. The highest BCUT2D eigenvalue weighted by molar-refractivity contribution is 6.38. The third-order valence-corrected chi connectivity index (χ3v) is 8.58. The number of aromatic nitrogens is 2. The van der Waals surface area contributed by atoms with E-state index in [2.05, 4.69) is 10.4 Å². The Kier molecular flexibility index (Phi) is 7.50. The number of carboxylic acid groups (broad SMARTS) is 1. The van der Waals surface area contributed by atoms with Crippen molar-refractivity contribution in [2.24, 2.45) is 18.9 Å². The number of hydrogen-bond donors (Lipinski definition) is 2. The number of aliphatic carboxylic acids is 1. The molecule has 2 fully saturated rings. The number of benzene rings is 1. The zero-order valence-electron chi connectivity index (χ0n) is 22.3. The van der Waals surface area contributed by atoms with Crippen molar-refractivity contribution in [3.05, 3.63) is 39.6 Å². The SMILES string of the molecule is C[C@@H](C(=O)N(CC1CC1)c1cn(C)nc1C(F)(F)F)[C@H]1CC(F)(F)CN1[C@@]1(CC(=O)O)C(=O)Nc2c(Cl)cc(Cl)cc21. The lowest BCUT2D eigenvalue weighted by Gasteiger charge is -2.42. The van der Waals surface area contributed by atoms with Crippen molar-refractivity contribution in [3.8, 4) is 0 Å². The van der Waals surface area contributed by atoms with Gasteiger partial charge in [-0.25, -0.2) is 8.78 Å². The van der Waals surface area contributed by atoms with Crippen LogP contribution in [0.4, 0.5) is 33.3 Å². The van der Waals surface area contributed by atoms with Crippen molar-refractivity contribution in [2.45, 2.75) is 56.3 Å². The molecule has 1 aromatic heterocycles. The molecule has 2 amide bonds. The number of carboxylic acids is 1. The molecule has 1 saturated carbocycles. The lowest BCUT2D eigenvalue weighted by atomic mass is 9.83. The van der Waals surface area contributed by atoms with E-state index < -0.39 is 78.1 Å². The topological polar surface area (TPSA) is 108 Å². The summed E-state index contributed by atoms with van der Waals surface area (Å²) in [5.74, 6) is -8.28. The highest BCUT2D eigenvalue weighted by Gasteiger charge is 2.62. The van der Waals surface area contributed by atoms with Gasteiger partial charge in [0.05, 0.1) is 35.3 Å². The number of carbonyl (C=O) groups is 3. The molecule has 2 N–H and O–H groups in total. The van der Waals surface area contributed by atoms with Crippen molar-refractivity contribution >= 4 is 52.4 Å². The van der Waals surface area contributed by atoms with Crippen LogP contribution >= 0.6 is 23.2 Å². The van der Waals surface area contributed by atoms with Gasteiger partial charge >= 0.3 is 12.1 Å². The highest BCUT2D eigenvalue weighted by atomic mass is 35.5. The standard InChI is InChI=1S/C26H26Cl2F5N5O4/c1-12(22(41)37(9-13-3-4-13)18-10-36(2)35-21(18)26(31,32)33)17-7-24(29,30)11-38(17)25(8-19(39)40)15-5-14(27)6-16(28)20(15)34-23(25)42/h5-6,10,12-13,17H,3-4,7-9,11H2,1-2H3,(H,34,42)(H,39,40)/t12-,17-,25-/m1/s1. The van der Waals surface area contributed by atoms with Crippen LogP contribution in [0.1, 0.15) is 43.9 Å². The molecule has 1 saturated heterocycles. The number of amides is 2. The van der Waals surface area contributed by atoms with Gasteiger partial charge in [-0.2, -0.15) is 18.3 Å². The van der Waals surface area contributed by atoms with Crippen LogP contribution in [0.25, 0.3) is 0 Å². The van der Waals surface area contributed by atoms with Crippen LogP contribution in [0.5, 0.6) is 0 Å². The molecule has 2 aliphatic heterocycles. The summed E-state index contributed by atoms with van der Waals surface area (Å²) in [5, 5.41) is 15.8. The Morgan fingerprint density at radius 1 is 1.26 bits per heavy atom. The molecule has 0 spiro atoms. The second-order valence-corrected chi connectivity index (χ2v) is 12.0. The maximum Gasteiger partial charge on any atom is 0.437 e. The summed E-state index contributed by atoms with van der Waals surface area (Å²) in [6, 6.07) is 1.10. The fraction of sp³-hybridized carbons (Fsp3) is 0.538. The zero-order chi connectivity index (χ0) is 30.9. The van der Waals surface area contributed by atoms with E-state index in [-0.39, 0.29) is 33.8 Å². The third-order valence-electron chi connectivity index (χ3n) is 8.06. The van der Waals surface area contributed by atoms with Crippen LogP contribution in [0.15, 0.2) is 18.3 Å². The van der Waals surface area contributed by atoms with Crippen molar-refractivity contribution in [3.63, 3.8) is 0 Å². The van der Waals surface area contributed by atoms with Gasteiger partial charge in [-0.1, -0.05) is 30.1 Å². The van der Waals surface area contributed by atoms with E-state index in [1.54, 1.807) is 0 Å². The molecule has 42 heavy (non-hydrogen) atoms. The van der Waals surface area contributed by atoms with Crippen molar-refractivity contribution in [1.29, 1.82) is 0 Å². The molecule has 0 bridgehead atoms. The second kappa shape index (κ2) is 10.3. The van der Waals surface area contributed by atoms with E-state index in [1.165, 1.54) is 26.1 Å². The van der Waals surface area contributed by atoms with Gasteiger partial charge in [-0.15, -0.1) is 0 Å². The Bertz CT molecular complexity index is 1460. The van der Waals surface area contributed by atoms with E-state index in [4.69, 9.17) is 23.2 Å². The van der Waals surface area contributed by atoms with Crippen LogP contribution in [-0.4, -0.2) is 62.6 Å². The molecule has 228 valence electrons. The number of anilines is 2. The molecular formula is C26H26Cl2F5N5O4. The fourth-order valence-corrected chi connectivity index (χ4v) is 6.55. The third kappa shape index (κ3) is 5.32. The summed E-state index contributed by atoms with van der Waals surface area (Å²) in [6.07, 6.45) is -4.42. The number of halogens is 7. The monoisotopic (exact) mass is 637 g/mol. The van der Waals surface area contributed by atoms with Gasteiger partial charge in [-0.05, 0) is 30.9 Å². The molecule has 1 aromatic carbocycles. The molecular weight excluding hydrogens is 612 g/mol. The van der Waals surface area contributed by atoms with Crippen LogP contribution in [0, 0.1) is 11.8 Å². The number of likely N-dealkylation sites (tertiary alicyclic amines) is 1. The second-order valence-electron chi connectivity index (χ2n) is 11.2. The Labute approximate surface area is 246 Å². The maximum atomic E-state index is 15.2. The van der Waals surface area contributed by atoms with Crippen LogP contribution < -0.4 is 10.2 Å². The van der Waals surface area contributed by atoms with Gasteiger partial charge in [0.1, 0.15) is 5.54 Å². The van der Waals surface area contributed by atoms with Crippen LogP contribution in [0.2, 0.25) is 10.0 Å². The van der Waals surface area contributed by atoms with Crippen molar-refractivity contribution in [1.82, 2.24) is 14.7 Å². The summed E-state index contributed by atoms with van der Waals surface area (Å²) in [6.45, 7) is 0.108. The molecule has 1 aliphatic carbocycles. The summed E-state index contributed by atoms with van der Waals surface area (Å²) in [7, 11) is 1.27. The van der Waals surface area contributed by atoms with E-state index in [0.717, 1.165) is 20.7 Å². The predicted octanol–water partition coefficient (Wildman–Crippen LogP) is 5.16. The maximum absolute atomic E-state index is 15.2. The number of aryl methyl sites for hydroxylation is 1. The predicted molar refractivity (Wildman–Crippen MR) is 142 cm³/mol. The van der Waals surface area contributed by atoms with Gasteiger partial charge in [0.15, 0.2) is 5.69 Å². The lowest BCUT2D eigenvalue weighted by Crippen LogP contribution is -2.57. The number of nitrogens with one attached hydrogen (secondary N) is 1. The molecule has 3 heterocycles. The number of fused-ring (bicyclic) bond motifs is 1. The normalized spacial score (nSPS) is 24.4. The van der Waals surface area contributed by atoms with Gasteiger partial charge in [0.2, 0.25) is 11.8 Å². The van der Waals surface area contributed by atoms with Gasteiger partial charge in [-0.3, -0.25) is 24.0 Å². The summed E-state index contributed by atoms with van der Waals surface area (Å²) >= 11 is 12.4. The average Bonchev–Trinajstić information content (AvgIpc) is 3.41. The summed E-state index contributed by atoms with van der Waals surface area (Å²) in [4.78, 5) is 41.6. The quantitative estimate of drug-likeness (QED) is 0.387. The molecule has 16 heteroatoms. The van der Waals surface area contributed by atoms with E-state index in [0.29, 0.717) is 12.8 Å². The first-order valence-corrected chi connectivity index (χ1v) is 13.8. The molecule has 9 nitrogen and oxygen atoms in total. The number of rotatable bonds is 8. The minimum absolute atomic E-state index is 0.000742. The van der Waals surface area contributed by atoms with Gasteiger partial charge < -0.3 is 15.3 Å². The van der Waals surface area contributed by atoms with Crippen molar-refractivity contribution < 1.29 is 41.4 Å². The Balaban J connectivity index is 1.60. The molecule has 2 aromatic rings. The van der Waals surface area contributed by atoms with Gasteiger partial charge in [0, 0.05) is 42.8 Å². The Hall–Kier alpha value is -2.97. The molecule has 0 radical (unpaired) electrons. The first-order valence-electron chi connectivity index (χ1n) is 13.0. The first-order chi connectivity index (χ1) is 19.4. The first kappa shape index (κ1) is 30.5. The largest absolute Gasteiger partial charge is 0.481 e. The van der Waals surface area contributed by atoms with Crippen molar-refractivity contribution in [2.75, 3.05) is 23.3 Å². The smallest absolute Gasteiger partial charge is 0.437 e.